The van der Waals surface area contributed by atoms with Crippen molar-refractivity contribution in [2.24, 2.45) is 5.14 Å². The van der Waals surface area contributed by atoms with Crippen molar-refractivity contribution in [2.75, 3.05) is 10.2 Å². The van der Waals surface area contributed by atoms with Crippen LogP contribution in [0.1, 0.15) is 24.4 Å². The minimum Gasteiger partial charge on any atom is -0.322 e. The fourth-order valence-electron chi connectivity index (χ4n) is 3.38. The summed E-state index contributed by atoms with van der Waals surface area (Å²) in [5.74, 6) is 0.617. The standard InChI is InChI=1S/C20H18ClN5O3S/c1-2-17-24-16(21)11-18(25-17)26-15-9-8-13(30(22,28)29)10-14(15)23-20(27)19(26)12-6-4-3-5-7-12/h3-11,19H,2H2,1H3,(H,23,27)(H2,22,28,29). The number of benzene rings is 2. The van der Waals surface area contributed by atoms with Crippen molar-refractivity contribution < 1.29 is 13.2 Å². The van der Waals surface area contributed by atoms with Crippen molar-refractivity contribution in [2.45, 2.75) is 24.3 Å². The normalized spacial score (nSPS) is 16.2. The number of nitrogens with zero attached hydrogens (tertiary/aromatic N) is 3. The van der Waals surface area contributed by atoms with Gasteiger partial charge in [-0.05, 0) is 23.8 Å². The summed E-state index contributed by atoms with van der Waals surface area (Å²) in [6.07, 6.45) is 0.556. The SMILES string of the molecule is CCc1nc(Cl)cc(N2c3ccc(S(N)(=O)=O)cc3NC(=O)C2c2ccccc2)n1. The van der Waals surface area contributed by atoms with Crippen LogP contribution in [0, 0.1) is 0 Å². The Morgan fingerprint density at radius 3 is 2.53 bits per heavy atom. The Labute approximate surface area is 178 Å². The largest absolute Gasteiger partial charge is 0.322 e. The number of fused-ring (bicyclic) bond motifs is 1. The van der Waals surface area contributed by atoms with E-state index in [2.05, 4.69) is 15.3 Å². The number of carbonyl (C=O) groups excluding carboxylic acids is 1. The van der Waals surface area contributed by atoms with Gasteiger partial charge in [-0.25, -0.2) is 23.5 Å². The number of sulfonamides is 1. The number of rotatable bonds is 4. The van der Waals surface area contributed by atoms with E-state index in [0.717, 1.165) is 5.56 Å². The van der Waals surface area contributed by atoms with Gasteiger partial charge in [-0.15, -0.1) is 0 Å². The minimum absolute atomic E-state index is 0.102. The van der Waals surface area contributed by atoms with Crippen LogP contribution in [0.25, 0.3) is 0 Å². The molecule has 1 unspecified atom stereocenters. The molecule has 1 aromatic heterocycles. The van der Waals surface area contributed by atoms with Gasteiger partial charge in [0.1, 0.15) is 22.8 Å². The molecule has 0 aliphatic carbocycles. The van der Waals surface area contributed by atoms with Gasteiger partial charge in [-0.3, -0.25) is 4.79 Å². The smallest absolute Gasteiger partial charge is 0.252 e. The molecule has 0 saturated heterocycles. The average Bonchev–Trinajstić information content (AvgIpc) is 2.71. The van der Waals surface area contributed by atoms with Crippen LogP contribution in [0.15, 0.2) is 59.5 Å². The third kappa shape index (κ3) is 3.74. The highest BCUT2D eigenvalue weighted by atomic mass is 35.5. The highest BCUT2D eigenvalue weighted by molar-refractivity contribution is 7.89. The van der Waals surface area contributed by atoms with Gasteiger partial charge in [-0.2, -0.15) is 0 Å². The number of hydrogen-bond donors (Lipinski definition) is 2. The van der Waals surface area contributed by atoms with Crippen LogP contribution in [0.3, 0.4) is 0 Å². The number of anilines is 3. The molecule has 1 aliphatic heterocycles. The second kappa shape index (κ2) is 7.67. The number of halogens is 1. The fourth-order valence-corrected chi connectivity index (χ4v) is 4.12. The van der Waals surface area contributed by atoms with Crippen LogP contribution in [0.2, 0.25) is 5.15 Å². The summed E-state index contributed by atoms with van der Waals surface area (Å²) >= 11 is 6.22. The molecule has 0 radical (unpaired) electrons. The lowest BCUT2D eigenvalue weighted by molar-refractivity contribution is -0.117. The van der Waals surface area contributed by atoms with Crippen LogP contribution in [-0.4, -0.2) is 24.3 Å². The van der Waals surface area contributed by atoms with E-state index < -0.39 is 16.1 Å². The summed E-state index contributed by atoms with van der Waals surface area (Å²) in [4.78, 5) is 23.5. The molecular formula is C20H18ClN5O3S. The van der Waals surface area contributed by atoms with Gasteiger partial charge in [0.2, 0.25) is 10.0 Å². The van der Waals surface area contributed by atoms with E-state index in [4.69, 9.17) is 16.7 Å². The van der Waals surface area contributed by atoms with Crippen LogP contribution in [0.5, 0.6) is 0 Å². The predicted octanol–water partition coefficient (Wildman–Crippen LogP) is 3.17. The van der Waals surface area contributed by atoms with Gasteiger partial charge in [0.25, 0.3) is 5.91 Å². The van der Waals surface area contributed by atoms with Gasteiger partial charge in [0.05, 0.1) is 16.3 Å². The molecule has 0 saturated carbocycles. The zero-order valence-corrected chi connectivity index (χ0v) is 17.5. The van der Waals surface area contributed by atoms with E-state index in [-0.39, 0.29) is 16.0 Å². The predicted molar refractivity (Wildman–Crippen MR) is 114 cm³/mol. The average molecular weight is 444 g/mol. The molecule has 3 N–H and O–H groups in total. The van der Waals surface area contributed by atoms with E-state index in [1.165, 1.54) is 12.1 Å². The first-order valence-electron chi connectivity index (χ1n) is 9.13. The van der Waals surface area contributed by atoms with Gasteiger partial charge in [-0.1, -0.05) is 48.9 Å². The molecule has 1 amide bonds. The first-order valence-corrected chi connectivity index (χ1v) is 11.1. The number of hydrogen-bond acceptors (Lipinski definition) is 6. The summed E-state index contributed by atoms with van der Waals surface area (Å²) in [5.41, 5.74) is 1.61. The number of nitrogens with one attached hydrogen (secondary N) is 1. The maximum absolute atomic E-state index is 13.1. The van der Waals surface area contributed by atoms with Crippen molar-refractivity contribution >= 4 is 44.7 Å². The van der Waals surface area contributed by atoms with Crippen molar-refractivity contribution in [1.29, 1.82) is 0 Å². The summed E-state index contributed by atoms with van der Waals surface area (Å²) < 4.78 is 23.6. The van der Waals surface area contributed by atoms with Crippen LogP contribution in [-0.2, 0) is 21.2 Å². The molecule has 10 heteroatoms. The van der Waals surface area contributed by atoms with Gasteiger partial charge in [0.15, 0.2) is 0 Å². The van der Waals surface area contributed by atoms with Crippen molar-refractivity contribution in [1.82, 2.24) is 9.97 Å². The monoisotopic (exact) mass is 443 g/mol. The van der Waals surface area contributed by atoms with Crippen LogP contribution >= 0.6 is 11.6 Å². The molecular weight excluding hydrogens is 426 g/mol. The van der Waals surface area contributed by atoms with Crippen LogP contribution in [0.4, 0.5) is 17.2 Å². The first kappa shape index (κ1) is 20.3. The Morgan fingerprint density at radius 1 is 1.13 bits per heavy atom. The lowest BCUT2D eigenvalue weighted by Crippen LogP contribution is -2.39. The molecule has 1 atom stereocenters. The molecule has 8 nitrogen and oxygen atoms in total. The van der Waals surface area contributed by atoms with Crippen molar-refractivity contribution in [3.8, 4) is 0 Å². The molecule has 0 bridgehead atoms. The Balaban J connectivity index is 1.96. The Bertz CT molecular complexity index is 1230. The summed E-state index contributed by atoms with van der Waals surface area (Å²) in [6.45, 7) is 1.90. The van der Waals surface area contributed by atoms with Crippen molar-refractivity contribution in [3.63, 3.8) is 0 Å². The molecule has 2 aromatic carbocycles. The van der Waals surface area contributed by atoms with E-state index in [1.807, 2.05) is 37.3 Å². The number of carbonyl (C=O) groups is 1. The van der Waals surface area contributed by atoms with Gasteiger partial charge >= 0.3 is 0 Å². The highest BCUT2D eigenvalue weighted by Crippen LogP contribution is 2.43. The molecule has 30 heavy (non-hydrogen) atoms. The number of aromatic nitrogens is 2. The minimum atomic E-state index is -3.94. The maximum Gasteiger partial charge on any atom is 0.252 e. The number of nitrogens with two attached hydrogens (primary N) is 1. The number of primary sulfonamides is 1. The molecule has 2 heterocycles. The number of aryl methyl sites for hydroxylation is 1. The lowest BCUT2D eigenvalue weighted by Gasteiger charge is -2.37. The quantitative estimate of drug-likeness (QED) is 0.598. The second-order valence-electron chi connectivity index (χ2n) is 6.72. The first-order chi connectivity index (χ1) is 14.3. The molecule has 154 valence electrons. The van der Waals surface area contributed by atoms with E-state index in [0.29, 0.717) is 29.4 Å². The fraction of sp³-hybridized carbons (Fsp3) is 0.150. The molecule has 3 aromatic rings. The zero-order valence-electron chi connectivity index (χ0n) is 15.9. The van der Waals surface area contributed by atoms with E-state index in [9.17, 15) is 13.2 Å². The highest BCUT2D eigenvalue weighted by Gasteiger charge is 2.36. The summed E-state index contributed by atoms with van der Waals surface area (Å²) in [5, 5.41) is 8.29. The third-order valence-corrected chi connectivity index (χ3v) is 5.83. The van der Waals surface area contributed by atoms with Gasteiger partial charge < -0.3 is 10.2 Å². The maximum atomic E-state index is 13.1. The van der Waals surface area contributed by atoms with Crippen LogP contribution < -0.4 is 15.4 Å². The Morgan fingerprint density at radius 2 is 1.87 bits per heavy atom. The molecule has 0 fully saturated rings. The Kier molecular flexibility index (Phi) is 5.19. The molecule has 0 spiro atoms. The Hall–Kier alpha value is -3.01. The van der Waals surface area contributed by atoms with E-state index >= 15 is 0 Å². The second-order valence-corrected chi connectivity index (χ2v) is 8.66. The van der Waals surface area contributed by atoms with E-state index in [1.54, 1.807) is 17.0 Å². The summed E-state index contributed by atoms with van der Waals surface area (Å²) in [7, 11) is -3.94. The summed E-state index contributed by atoms with van der Waals surface area (Å²) in [6, 6.07) is 14.4. The van der Waals surface area contributed by atoms with Gasteiger partial charge in [0, 0.05) is 12.5 Å². The van der Waals surface area contributed by atoms with Crippen molar-refractivity contribution in [3.05, 3.63) is 71.1 Å². The molecule has 1 aliphatic rings. The zero-order chi connectivity index (χ0) is 21.5. The third-order valence-electron chi connectivity index (χ3n) is 4.73. The topological polar surface area (TPSA) is 118 Å². The number of amides is 1. The lowest BCUT2D eigenvalue weighted by atomic mass is 10.00. The molecule has 4 rings (SSSR count).